The highest BCUT2D eigenvalue weighted by atomic mass is 16.5. The molecule has 5 heteroatoms. The normalized spacial score (nSPS) is 17.8. The number of carbonyl (C=O) groups is 1. The fraction of sp³-hybridized carbons (Fsp3) is 0.545. The predicted molar refractivity (Wildman–Crippen MR) is 57.8 cm³/mol. The second-order valence-electron chi connectivity index (χ2n) is 4.16. The number of nitrogens with one attached hydrogen (secondary N) is 2. The van der Waals surface area contributed by atoms with E-state index in [4.69, 9.17) is 9.84 Å². The van der Waals surface area contributed by atoms with Crippen LogP contribution in [-0.4, -0.2) is 42.4 Å². The van der Waals surface area contributed by atoms with E-state index >= 15 is 0 Å². The van der Waals surface area contributed by atoms with E-state index in [1.54, 1.807) is 0 Å². The van der Waals surface area contributed by atoms with Crippen LogP contribution in [0.25, 0.3) is 0 Å². The number of aromatic amines is 1. The maximum atomic E-state index is 11.7. The molecular weight excluding hydrogens is 208 g/mol. The Kier molecular flexibility index (Phi) is 3.26. The third-order valence-corrected chi connectivity index (χ3v) is 2.90. The molecule has 88 valence electrons. The van der Waals surface area contributed by atoms with Gasteiger partial charge in [-0.05, 0) is 18.1 Å². The molecule has 0 unspecified atom stereocenters. The molecule has 0 aliphatic carbocycles. The largest absolute Gasteiger partial charge is 0.395 e. The zero-order chi connectivity index (χ0) is 11.4. The van der Waals surface area contributed by atoms with E-state index in [-0.39, 0.29) is 12.5 Å². The Bertz CT molecular complexity index is 339. The Morgan fingerprint density at radius 2 is 2.44 bits per heavy atom. The fourth-order valence-electron chi connectivity index (χ4n) is 1.66. The van der Waals surface area contributed by atoms with Crippen molar-refractivity contribution < 1.29 is 14.6 Å². The van der Waals surface area contributed by atoms with Gasteiger partial charge in [-0.25, -0.2) is 0 Å². The van der Waals surface area contributed by atoms with Gasteiger partial charge in [0.05, 0.1) is 19.8 Å². The fourth-order valence-corrected chi connectivity index (χ4v) is 1.66. The van der Waals surface area contributed by atoms with Gasteiger partial charge in [-0.3, -0.25) is 4.79 Å². The van der Waals surface area contributed by atoms with E-state index < -0.39 is 5.41 Å². The summed E-state index contributed by atoms with van der Waals surface area (Å²) in [4.78, 5) is 14.7. The molecule has 0 bridgehead atoms. The van der Waals surface area contributed by atoms with Gasteiger partial charge in [-0.2, -0.15) is 0 Å². The van der Waals surface area contributed by atoms with E-state index in [0.29, 0.717) is 19.8 Å². The molecule has 5 nitrogen and oxygen atoms in total. The minimum Gasteiger partial charge on any atom is -0.395 e. The number of aliphatic hydroxyl groups is 1. The van der Waals surface area contributed by atoms with Gasteiger partial charge in [0.1, 0.15) is 5.41 Å². The molecule has 0 atom stereocenters. The lowest BCUT2D eigenvalue weighted by molar-refractivity contribution is -0.169. The molecular formula is C11H16N2O3. The summed E-state index contributed by atoms with van der Waals surface area (Å²) in [6, 6.07) is 1.97. The highest BCUT2D eigenvalue weighted by Gasteiger charge is 2.45. The molecule has 3 N–H and O–H groups in total. The summed E-state index contributed by atoms with van der Waals surface area (Å²) in [6.45, 7) is 1.07. The molecule has 1 aliphatic heterocycles. The first kappa shape index (κ1) is 11.2. The van der Waals surface area contributed by atoms with E-state index in [1.165, 1.54) is 0 Å². The summed E-state index contributed by atoms with van der Waals surface area (Å²) in [5.41, 5.74) is 0.459. The van der Waals surface area contributed by atoms with Crippen LogP contribution in [0.3, 0.4) is 0 Å². The molecule has 1 aliphatic rings. The smallest absolute Gasteiger partial charge is 0.233 e. The summed E-state index contributed by atoms with van der Waals surface area (Å²) < 4.78 is 4.98. The summed E-state index contributed by atoms with van der Waals surface area (Å²) >= 11 is 0. The summed E-state index contributed by atoms with van der Waals surface area (Å²) in [6.07, 6.45) is 4.55. The van der Waals surface area contributed by atoms with Crippen LogP contribution in [0.4, 0.5) is 0 Å². The van der Waals surface area contributed by atoms with Crippen molar-refractivity contribution in [1.29, 1.82) is 0 Å². The molecule has 0 spiro atoms. The van der Waals surface area contributed by atoms with Gasteiger partial charge in [0.2, 0.25) is 5.91 Å². The van der Waals surface area contributed by atoms with Crippen molar-refractivity contribution in [1.82, 2.24) is 10.3 Å². The van der Waals surface area contributed by atoms with Crippen LogP contribution in [-0.2, 0) is 16.0 Å². The van der Waals surface area contributed by atoms with Crippen molar-refractivity contribution in [3.63, 3.8) is 0 Å². The number of hydrogen-bond donors (Lipinski definition) is 3. The van der Waals surface area contributed by atoms with E-state index in [9.17, 15) is 4.79 Å². The molecule has 1 fully saturated rings. The van der Waals surface area contributed by atoms with Crippen LogP contribution in [0.15, 0.2) is 18.5 Å². The first-order valence-electron chi connectivity index (χ1n) is 5.35. The minimum absolute atomic E-state index is 0.114. The summed E-state index contributed by atoms with van der Waals surface area (Å²) in [5.74, 6) is -0.114. The van der Waals surface area contributed by atoms with Crippen LogP contribution in [0, 0.1) is 5.41 Å². The van der Waals surface area contributed by atoms with Crippen molar-refractivity contribution in [3.05, 3.63) is 24.0 Å². The van der Waals surface area contributed by atoms with Crippen LogP contribution in [0.2, 0.25) is 0 Å². The van der Waals surface area contributed by atoms with Gasteiger partial charge in [0.25, 0.3) is 0 Å². The Balaban J connectivity index is 1.75. The molecule has 1 amide bonds. The van der Waals surface area contributed by atoms with Gasteiger partial charge >= 0.3 is 0 Å². The number of aromatic nitrogens is 1. The molecule has 0 radical (unpaired) electrons. The third-order valence-electron chi connectivity index (χ3n) is 2.90. The standard InChI is InChI=1S/C11H16N2O3/c14-6-11(7-16-8-11)10(15)13-4-2-9-1-3-12-5-9/h1,3,5,12,14H,2,4,6-8H2,(H,13,15). The van der Waals surface area contributed by atoms with Crippen LogP contribution in [0.1, 0.15) is 5.56 Å². The molecule has 1 aromatic heterocycles. The molecule has 0 saturated carbocycles. The van der Waals surface area contributed by atoms with Gasteiger partial charge in [0, 0.05) is 18.9 Å². The Morgan fingerprint density at radius 1 is 1.62 bits per heavy atom. The lowest BCUT2D eigenvalue weighted by Crippen LogP contribution is -2.56. The van der Waals surface area contributed by atoms with Crippen molar-refractivity contribution in [2.75, 3.05) is 26.4 Å². The van der Waals surface area contributed by atoms with Gasteiger partial charge in [-0.1, -0.05) is 0 Å². The van der Waals surface area contributed by atoms with Crippen LogP contribution in [0.5, 0.6) is 0 Å². The molecule has 2 heterocycles. The van der Waals surface area contributed by atoms with Gasteiger partial charge < -0.3 is 20.1 Å². The lowest BCUT2D eigenvalue weighted by Gasteiger charge is -2.38. The number of amides is 1. The number of rotatable bonds is 5. The van der Waals surface area contributed by atoms with E-state index in [1.807, 2.05) is 18.5 Å². The minimum atomic E-state index is -0.696. The van der Waals surface area contributed by atoms with Crippen molar-refractivity contribution in [2.24, 2.45) is 5.41 Å². The molecule has 0 aromatic carbocycles. The molecule has 2 rings (SSSR count). The number of aliphatic hydroxyl groups excluding tert-OH is 1. The summed E-state index contributed by atoms with van der Waals surface area (Å²) in [5, 5.41) is 12.0. The number of H-pyrrole nitrogens is 1. The highest BCUT2D eigenvalue weighted by Crippen LogP contribution is 2.26. The average molecular weight is 224 g/mol. The lowest BCUT2D eigenvalue weighted by atomic mass is 9.86. The first-order valence-corrected chi connectivity index (χ1v) is 5.35. The van der Waals surface area contributed by atoms with Crippen LogP contribution < -0.4 is 5.32 Å². The highest BCUT2D eigenvalue weighted by molar-refractivity contribution is 5.83. The Morgan fingerprint density at radius 3 is 2.94 bits per heavy atom. The van der Waals surface area contributed by atoms with Crippen molar-refractivity contribution >= 4 is 5.91 Å². The number of ether oxygens (including phenoxy) is 1. The van der Waals surface area contributed by atoms with E-state index in [2.05, 4.69) is 10.3 Å². The third kappa shape index (κ3) is 2.10. The van der Waals surface area contributed by atoms with Gasteiger partial charge in [0.15, 0.2) is 0 Å². The average Bonchev–Trinajstić information content (AvgIpc) is 2.70. The maximum Gasteiger partial charge on any atom is 0.233 e. The quantitative estimate of drug-likeness (QED) is 0.642. The summed E-state index contributed by atoms with van der Waals surface area (Å²) in [7, 11) is 0. The predicted octanol–water partition coefficient (Wildman–Crippen LogP) is -0.318. The Labute approximate surface area is 93.8 Å². The number of carbonyl (C=O) groups excluding carboxylic acids is 1. The SMILES string of the molecule is O=C(NCCc1cc[nH]c1)C1(CO)COC1. The Hall–Kier alpha value is -1.33. The molecule has 1 aromatic rings. The maximum absolute atomic E-state index is 11.7. The van der Waals surface area contributed by atoms with Gasteiger partial charge in [-0.15, -0.1) is 0 Å². The topological polar surface area (TPSA) is 74.4 Å². The zero-order valence-corrected chi connectivity index (χ0v) is 9.03. The second-order valence-corrected chi connectivity index (χ2v) is 4.16. The van der Waals surface area contributed by atoms with Crippen molar-refractivity contribution in [2.45, 2.75) is 6.42 Å². The first-order chi connectivity index (χ1) is 7.77. The van der Waals surface area contributed by atoms with Crippen molar-refractivity contribution in [3.8, 4) is 0 Å². The second kappa shape index (κ2) is 4.67. The molecule has 16 heavy (non-hydrogen) atoms. The number of hydrogen-bond acceptors (Lipinski definition) is 3. The zero-order valence-electron chi connectivity index (χ0n) is 9.03. The monoisotopic (exact) mass is 224 g/mol. The van der Waals surface area contributed by atoms with E-state index in [0.717, 1.165) is 12.0 Å². The van der Waals surface area contributed by atoms with Crippen LogP contribution >= 0.6 is 0 Å². The molecule has 1 saturated heterocycles.